The molecule has 0 fully saturated rings. The molecule has 30 heavy (non-hydrogen) atoms. The average molecular weight is 414 g/mol. The van der Waals surface area contributed by atoms with E-state index >= 15 is 0 Å². The Labute approximate surface area is 173 Å². The van der Waals surface area contributed by atoms with E-state index in [1.807, 2.05) is 0 Å². The molecule has 0 aliphatic carbocycles. The Hall–Kier alpha value is -3.75. The molecule has 2 rings (SSSR count). The molecule has 0 bridgehead atoms. The van der Waals surface area contributed by atoms with Crippen LogP contribution in [0.3, 0.4) is 0 Å². The van der Waals surface area contributed by atoms with Gasteiger partial charge in [0, 0.05) is 18.1 Å². The second-order valence-corrected chi connectivity index (χ2v) is 6.43. The van der Waals surface area contributed by atoms with Crippen molar-refractivity contribution in [2.45, 2.75) is 32.8 Å². The molecule has 158 valence electrons. The van der Waals surface area contributed by atoms with Gasteiger partial charge in [0.25, 0.3) is 11.6 Å². The summed E-state index contributed by atoms with van der Waals surface area (Å²) < 4.78 is 10.6. The van der Waals surface area contributed by atoms with E-state index in [0.717, 1.165) is 0 Å². The number of nitrogens with zero attached hydrogens (tertiary/aromatic N) is 1. The molecule has 0 unspecified atom stereocenters. The van der Waals surface area contributed by atoms with Gasteiger partial charge < -0.3 is 14.8 Å². The summed E-state index contributed by atoms with van der Waals surface area (Å²) in [6, 6.07) is 12.3. The standard InChI is InChI=1S/C21H22N2O7/c1-14(24)16-9-11-17(12-10-16)29-13-5-8-20(25)30-15(2)21(26)22-18-6-3-4-7-19(18)23(27)28/h3-4,6-7,9-12,15H,5,8,13H2,1-2H3,(H,22,26)/t15-/m1/s1. The molecule has 0 heterocycles. The van der Waals surface area contributed by atoms with Crippen molar-refractivity contribution in [1.82, 2.24) is 0 Å². The SMILES string of the molecule is CC(=O)c1ccc(OCCCC(=O)O[C@H](C)C(=O)Nc2ccccc2[N+](=O)[O-])cc1. The minimum atomic E-state index is -1.11. The Morgan fingerprint density at radius 1 is 1.10 bits per heavy atom. The number of Topliss-reactive ketones (excluding diaryl/α,β-unsaturated/α-hetero) is 1. The van der Waals surface area contributed by atoms with Crippen molar-refractivity contribution in [3.8, 4) is 5.75 Å². The van der Waals surface area contributed by atoms with E-state index in [4.69, 9.17) is 9.47 Å². The number of rotatable bonds is 10. The third-order valence-electron chi connectivity index (χ3n) is 4.09. The van der Waals surface area contributed by atoms with Crippen LogP contribution < -0.4 is 10.1 Å². The number of carbonyl (C=O) groups excluding carboxylic acids is 3. The highest BCUT2D eigenvalue weighted by Crippen LogP contribution is 2.23. The predicted molar refractivity (Wildman–Crippen MR) is 108 cm³/mol. The van der Waals surface area contributed by atoms with Crippen LogP contribution in [0.2, 0.25) is 0 Å². The average Bonchev–Trinajstić information content (AvgIpc) is 2.71. The van der Waals surface area contributed by atoms with Crippen molar-refractivity contribution in [1.29, 1.82) is 0 Å². The smallest absolute Gasteiger partial charge is 0.306 e. The molecule has 0 saturated carbocycles. The van der Waals surface area contributed by atoms with Gasteiger partial charge in [-0.15, -0.1) is 0 Å². The van der Waals surface area contributed by atoms with E-state index in [1.165, 1.54) is 32.0 Å². The lowest BCUT2D eigenvalue weighted by molar-refractivity contribution is -0.383. The molecule has 0 radical (unpaired) electrons. The molecule has 1 atom stereocenters. The van der Waals surface area contributed by atoms with Crippen molar-refractivity contribution in [3.63, 3.8) is 0 Å². The number of para-hydroxylation sites is 2. The van der Waals surface area contributed by atoms with E-state index in [2.05, 4.69) is 5.32 Å². The molecule has 2 aromatic carbocycles. The van der Waals surface area contributed by atoms with Gasteiger partial charge in [-0.3, -0.25) is 24.5 Å². The number of nitrogens with one attached hydrogen (secondary N) is 1. The third kappa shape index (κ3) is 6.69. The molecular weight excluding hydrogens is 392 g/mol. The van der Waals surface area contributed by atoms with E-state index in [9.17, 15) is 24.5 Å². The summed E-state index contributed by atoms with van der Waals surface area (Å²) in [5, 5.41) is 13.4. The van der Waals surface area contributed by atoms with E-state index in [0.29, 0.717) is 17.7 Å². The lowest BCUT2D eigenvalue weighted by Gasteiger charge is -2.13. The predicted octanol–water partition coefficient (Wildman–Crippen LogP) is 3.53. The third-order valence-corrected chi connectivity index (χ3v) is 4.09. The van der Waals surface area contributed by atoms with E-state index < -0.39 is 22.9 Å². The minimum absolute atomic E-state index is 0.0274. The quantitative estimate of drug-likeness (QED) is 0.207. The van der Waals surface area contributed by atoms with Gasteiger partial charge in [0.1, 0.15) is 11.4 Å². The van der Waals surface area contributed by atoms with Crippen LogP contribution in [-0.4, -0.2) is 35.3 Å². The Morgan fingerprint density at radius 3 is 2.40 bits per heavy atom. The summed E-state index contributed by atoms with van der Waals surface area (Å²) in [7, 11) is 0. The van der Waals surface area contributed by atoms with Crippen LogP contribution >= 0.6 is 0 Å². The van der Waals surface area contributed by atoms with Gasteiger partial charge in [-0.05, 0) is 50.6 Å². The lowest BCUT2D eigenvalue weighted by Crippen LogP contribution is -2.30. The number of ether oxygens (including phenoxy) is 2. The molecule has 9 heteroatoms. The molecule has 1 N–H and O–H groups in total. The lowest BCUT2D eigenvalue weighted by atomic mass is 10.1. The Morgan fingerprint density at radius 2 is 1.77 bits per heavy atom. The van der Waals surface area contributed by atoms with Crippen molar-refractivity contribution in [2.75, 3.05) is 11.9 Å². The maximum atomic E-state index is 12.2. The number of ketones is 1. The fourth-order valence-electron chi connectivity index (χ4n) is 2.47. The Bertz CT molecular complexity index is 925. The zero-order chi connectivity index (χ0) is 22.1. The number of benzene rings is 2. The van der Waals surface area contributed by atoms with Crippen LogP contribution in [0.15, 0.2) is 48.5 Å². The second kappa shape index (κ2) is 10.7. The number of carbonyl (C=O) groups is 3. The Kier molecular flexibility index (Phi) is 8.04. The highest BCUT2D eigenvalue weighted by Gasteiger charge is 2.21. The van der Waals surface area contributed by atoms with E-state index in [-0.39, 0.29) is 30.2 Å². The van der Waals surface area contributed by atoms with Crippen molar-refractivity contribution in [2.24, 2.45) is 0 Å². The van der Waals surface area contributed by atoms with Gasteiger partial charge in [-0.2, -0.15) is 0 Å². The molecule has 0 aliphatic heterocycles. The van der Waals surface area contributed by atoms with Crippen LogP contribution in [0, 0.1) is 10.1 Å². The maximum Gasteiger partial charge on any atom is 0.306 e. The summed E-state index contributed by atoms with van der Waals surface area (Å²) in [5.41, 5.74) is 0.358. The number of nitro benzene ring substituents is 1. The first-order chi connectivity index (χ1) is 14.3. The van der Waals surface area contributed by atoms with Crippen LogP contribution in [-0.2, 0) is 14.3 Å². The molecular formula is C21H22N2O7. The summed E-state index contributed by atoms with van der Waals surface area (Å²) in [6.45, 7) is 3.12. The first kappa shape index (κ1) is 22.5. The van der Waals surface area contributed by atoms with Gasteiger partial charge in [0.2, 0.25) is 0 Å². The zero-order valence-electron chi connectivity index (χ0n) is 16.6. The number of hydrogen-bond acceptors (Lipinski definition) is 7. The molecule has 0 aromatic heterocycles. The van der Waals surface area contributed by atoms with Crippen molar-refractivity contribution < 1.29 is 28.8 Å². The Balaban J connectivity index is 1.74. The monoisotopic (exact) mass is 414 g/mol. The number of nitro groups is 1. The maximum absolute atomic E-state index is 12.2. The summed E-state index contributed by atoms with van der Waals surface area (Å²) in [6.07, 6.45) is -0.710. The van der Waals surface area contributed by atoms with Crippen molar-refractivity contribution >= 4 is 29.0 Å². The van der Waals surface area contributed by atoms with Gasteiger partial charge in [0.15, 0.2) is 11.9 Å². The van der Waals surface area contributed by atoms with Crippen LogP contribution in [0.1, 0.15) is 37.0 Å². The number of amides is 1. The number of esters is 1. The normalized spacial score (nSPS) is 11.3. The van der Waals surface area contributed by atoms with Crippen LogP contribution in [0.25, 0.3) is 0 Å². The fourth-order valence-corrected chi connectivity index (χ4v) is 2.47. The summed E-state index contributed by atoms with van der Waals surface area (Å²) in [4.78, 5) is 45.7. The highest BCUT2D eigenvalue weighted by atomic mass is 16.6. The molecule has 0 spiro atoms. The fraction of sp³-hybridized carbons (Fsp3) is 0.286. The molecule has 9 nitrogen and oxygen atoms in total. The minimum Gasteiger partial charge on any atom is -0.494 e. The summed E-state index contributed by atoms with van der Waals surface area (Å²) in [5.74, 6) is -0.718. The first-order valence-corrected chi connectivity index (χ1v) is 9.25. The number of hydrogen-bond donors (Lipinski definition) is 1. The second-order valence-electron chi connectivity index (χ2n) is 6.43. The van der Waals surface area contributed by atoms with Gasteiger partial charge >= 0.3 is 5.97 Å². The molecule has 0 aliphatic rings. The van der Waals surface area contributed by atoms with Crippen molar-refractivity contribution in [3.05, 3.63) is 64.2 Å². The first-order valence-electron chi connectivity index (χ1n) is 9.25. The number of anilines is 1. The van der Waals surface area contributed by atoms with Gasteiger partial charge in [-0.1, -0.05) is 12.1 Å². The topological polar surface area (TPSA) is 125 Å². The largest absolute Gasteiger partial charge is 0.494 e. The van der Waals surface area contributed by atoms with Crippen LogP contribution in [0.4, 0.5) is 11.4 Å². The molecule has 0 saturated heterocycles. The van der Waals surface area contributed by atoms with Gasteiger partial charge in [-0.25, -0.2) is 0 Å². The molecule has 1 amide bonds. The zero-order valence-corrected chi connectivity index (χ0v) is 16.6. The van der Waals surface area contributed by atoms with Gasteiger partial charge in [0.05, 0.1) is 11.5 Å². The van der Waals surface area contributed by atoms with E-state index in [1.54, 1.807) is 30.3 Å². The molecule has 2 aromatic rings. The van der Waals surface area contributed by atoms with Crippen LogP contribution in [0.5, 0.6) is 5.75 Å². The highest BCUT2D eigenvalue weighted by molar-refractivity contribution is 5.96. The summed E-state index contributed by atoms with van der Waals surface area (Å²) >= 11 is 0.